The number of esters is 1. The van der Waals surface area contributed by atoms with Crippen LogP contribution in [-0.2, 0) is 34.2 Å². The molecule has 0 bridgehead atoms. The number of aryl methyl sites for hydroxylation is 2. The molecule has 1 amide bonds. The molecule has 0 radical (unpaired) electrons. The van der Waals surface area contributed by atoms with E-state index in [9.17, 15) is 9.59 Å². The maximum Gasteiger partial charge on any atom is 0.310 e. The fraction of sp³-hybridized carbons (Fsp3) is 0.304. The molecule has 0 spiro atoms. The van der Waals surface area contributed by atoms with Crippen LogP contribution in [0.2, 0.25) is 0 Å². The number of fused-ring (bicyclic) bond motifs is 2. The van der Waals surface area contributed by atoms with Gasteiger partial charge in [0.1, 0.15) is 0 Å². The Balaban J connectivity index is 1.33. The average Bonchev–Trinajstić information content (AvgIpc) is 3.02. The van der Waals surface area contributed by atoms with Gasteiger partial charge in [0, 0.05) is 24.1 Å². The number of carbonyl (C=O) groups excluding carboxylic acids is 2. The largest absolute Gasteiger partial charge is 0.455 e. The summed E-state index contributed by atoms with van der Waals surface area (Å²) < 4.78 is 7.23. The second-order valence-electron chi connectivity index (χ2n) is 7.33. The van der Waals surface area contributed by atoms with Crippen LogP contribution in [0.15, 0.2) is 54.7 Å². The van der Waals surface area contributed by atoms with Gasteiger partial charge in [-0.25, -0.2) is 0 Å². The predicted octanol–water partition coefficient (Wildman–Crippen LogP) is 3.46. The predicted molar refractivity (Wildman–Crippen MR) is 108 cm³/mol. The Morgan fingerprint density at radius 3 is 2.82 bits per heavy atom. The second-order valence-corrected chi connectivity index (χ2v) is 7.33. The first-order valence-electron chi connectivity index (χ1n) is 9.67. The Hall–Kier alpha value is -3.08. The van der Waals surface area contributed by atoms with Gasteiger partial charge in [0.15, 0.2) is 6.61 Å². The number of para-hydroxylation sites is 1. The Labute approximate surface area is 164 Å². The van der Waals surface area contributed by atoms with Crippen molar-refractivity contribution in [1.29, 1.82) is 0 Å². The zero-order chi connectivity index (χ0) is 19.5. The molecule has 1 atom stereocenters. The molecule has 1 aromatic heterocycles. The molecule has 5 heteroatoms. The van der Waals surface area contributed by atoms with Gasteiger partial charge in [-0.15, -0.1) is 0 Å². The van der Waals surface area contributed by atoms with Crippen LogP contribution in [0.3, 0.4) is 0 Å². The normalized spacial score (nSPS) is 15.8. The number of hydrogen-bond donors (Lipinski definition) is 1. The number of hydrogen-bond acceptors (Lipinski definition) is 3. The Kier molecular flexibility index (Phi) is 5.15. The molecule has 1 unspecified atom stereocenters. The number of aromatic nitrogens is 1. The highest BCUT2D eigenvalue weighted by Gasteiger charge is 2.22. The summed E-state index contributed by atoms with van der Waals surface area (Å²) in [6.45, 7) is -0.248. The van der Waals surface area contributed by atoms with Crippen molar-refractivity contribution in [1.82, 2.24) is 9.88 Å². The molecule has 0 saturated carbocycles. The average molecular weight is 376 g/mol. The topological polar surface area (TPSA) is 60.3 Å². The maximum absolute atomic E-state index is 12.3. The summed E-state index contributed by atoms with van der Waals surface area (Å²) in [7, 11) is 1.95. The lowest BCUT2D eigenvalue weighted by Gasteiger charge is -2.26. The number of benzene rings is 2. The highest BCUT2D eigenvalue weighted by atomic mass is 16.5. The fourth-order valence-electron chi connectivity index (χ4n) is 4.06. The summed E-state index contributed by atoms with van der Waals surface area (Å²) in [4.78, 5) is 24.6. The molecule has 1 N–H and O–H groups in total. The summed E-state index contributed by atoms with van der Waals surface area (Å²) in [5, 5.41) is 4.04. The van der Waals surface area contributed by atoms with Crippen LogP contribution in [0.1, 0.15) is 35.6 Å². The van der Waals surface area contributed by atoms with Crippen molar-refractivity contribution < 1.29 is 14.3 Å². The zero-order valence-corrected chi connectivity index (χ0v) is 16.0. The van der Waals surface area contributed by atoms with Crippen molar-refractivity contribution >= 4 is 22.8 Å². The van der Waals surface area contributed by atoms with Gasteiger partial charge in [-0.3, -0.25) is 9.59 Å². The molecular formula is C23H24N2O3. The summed E-state index contributed by atoms with van der Waals surface area (Å²) in [6, 6.07) is 16.1. The lowest BCUT2D eigenvalue weighted by Crippen LogP contribution is -2.34. The number of nitrogens with one attached hydrogen (secondary N) is 1. The van der Waals surface area contributed by atoms with Crippen LogP contribution in [0.5, 0.6) is 0 Å². The van der Waals surface area contributed by atoms with Gasteiger partial charge in [0.2, 0.25) is 0 Å². The first-order valence-corrected chi connectivity index (χ1v) is 9.67. The van der Waals surface area contributed by atoms with Crippen molar-refractivity contribution in [3.63, 3.8) is 0 Å². The highest BCUT2D eigenvalue weighted by Crippen LogP contribution is 2.29. The highest BCUT2D eigenvalue weighted by molar-refractivity contribution is 5.88. The van der Waals surface area contributed by atoms with E-state index in [1.54, 1.807) is 0 Å². The van der Waals surface area contributed by atoms with Crippen LogP contribution >= 0.6 is 0 Å². The minimum absolute atomic E-state index is 0.00535. The van der Waals surface area contributed by atoms with E-state index in [2.05, 4.69) is 17.4 Å². The fourth-order valence-corrected chi connectivity index (χ4v) is 4.06. The van der Waals surface area contributed by atoms with Crippen molar-refractivity contribution in [2.45, 2.75) is 31.7 Å². The van der Waals surface area contributed by atoms with Gasteiger partial charge >= 0.3 is 5.97 Å². The monoisotopic (exact) mass is 376 g/mol. The Morgan fingerprint density at radius 1 is 1.14 bits per heavy atom. The molecule has 1 heterocycles. The number of ether oxygens (including phenoxy) is 1. The first-order chi connectivity index (χ1) is 13.6. The second kappa shape index (κ2) is 7.89. The van der Waals surface area contributed by atoms with Gasteiger partial charge < -0.3 is 14.6 Å². The van der Waals surface area contributed by atoms with Crippen LogP contribution in [0, 0.1) is 0 Å². The summed E-state index contributed by atoms with van der Waals surface area (Å²) in [5.41, 5.74) is 4.43. The van der Waals surface area contributed by atoms with E-state index in [1.165, 1.54) is 11.1 Å². The molecule has 4 rings (SSSR count). The smallest absolute Gasteiger partial charge is 0.310 e. The van der Waals surface area contributed by atoms with Gasteiger partial charge in [0.05, 0.1) is 12.5 Å². The third-order valence-electron chi connectivity index (χ3n) is 5.38. The number of nitrogens with zero attached hydrogens (tertiary/aromatic N) is 1. The van der Waals surface area contributed by atoms with E-state index in [1.807, 2.05) is 54.2 Å². The lowest BCUT2D eigenvalue weighted by molar-refractivity contribution is -0.148. The van der Waals surface area contributed by atoms with Gasteiger partial charge in [0.25, 0.3) is 5.91 Å². The maximum atomic E-state index is 12.3. The van der Waals surface area contributed by atoms with Crippen LogP contribution in [0.4, 0.5) is 0 Å². The molecule has 0 saturated heterocycles. The third-order valence-corrected chi connectivity index (χ3v) is 5.38. The van der Waals surface area contributed by atoms with E-state index in [0.29, 0.717) is 0 Å². The molecule has 5 nitrogen and oxygen atoms in total. The van der Waals surface area contributed by atoms with Crippen LogP contribution in [0.25, 0.3) is 10.9 Å². The molecule has 1 aliphatic carbocycles. The molecule has 144 valence electrons. The number of carbonyl (C=O) groups is 2. The molecule has 28 heavy (non-hydrogen) atoms. The standard InChI is InChI=1S/C23H24N2O3/c1-25-14-17(19-10-4-5-12-21(19)25)13-23(27)28-15-22(26)24-20-11-6-8-16-7-2-3-9-18(16)20/h2-5,7,9-10,12,14,20H,6,8,11,13,15H2,1H3,(H,24,26). The Morgan fingerprint density at radius 2 is 1.93 bits per heavy atom. The lowest BCUT2D eigenvalue weighted by atomic mass is 9.88. The molecule has 0 aliphatic heterocycles. The zero-order valence-electron chi connectivity index (χ0n) is 16.0. The van der Waals surface area contributed by atoms with Crippen LogP contribution < -0.4 is 5.32 Å². The van der Waals surface area contributed by atoms with E-state index < -0.39 is 5.97 Å². The van der Waals surface area contributed by atoms with E-state index in [-0.39, 0.29) is 25.0 Å². The van der Waals surface area contributed by atoms with Crippen LogP contribution in [-0.4, -0.2) is 23.1 Å². The first kappa shape index (κ1) is 18.3. The van der Waals surface area contributed by atoms with Gasteiger partial charge in [-0.05, 0) is 42.0 Å². The van der Waals surface area contributed by atoms with E-state index in [4.69, 9.17) is 4.74 Å². The molecule has 2 aromatic carbocycles. The van der Waals surface area contributed by atoms with Crippen molar-refractivity contribution in [3.8, 4) is 0 Å². The van der Waals surface area contributed by atoms with Crippen molar-refractivity contribution in [2.75, 3.05) is 6.61 Å². The quantitative estimate of drug-likeness (QED) is 0.694. The summed E-state index contributed by atoms with van der Waals surface area (Å²) in [6.07, 6.45) is 5.09. The molecule has 1 aliphatic rings. The summed E-state index contributed by atoms with van der Waals surface area (Å²) >= 11 is 0. The number of amides is 1. The minimum Gasteiger partial charge on any atom is -0.455 e. The van der Waals surface area contributed by atoms with E-state index in [0.717, 1.165) is 35.7 Å². The number of rotatable bonds is 5. The van der Waals surface area contributed by atoms with Crippen molar-refractivity contribution in [3.05, 3.63) is 71.4 Å². The molecule has 3 aromatic rings. The third kappa shape index (κ3) is 3.79. The minimum atomic E-state index is -0.393. The summed E-state index contributed by atoms with van der Waals surface area (Å²) in [5.74, 6) is -0.650. The Bertz CT molecular complexity index is 1020. The van der Waals surface area contributed by atoms with Gasteiger partial charge in [-0.2, -0.15) is 0 Å². The molecular weight excluding hydrogens is 352 g/mol. The molecule has 0 fully saturated rings. The van der Waals surface area contributed by atoms with Crippen molar-refractivity contribution in [2.24, 2.45) is 7.05 Å². The van der Waals surface area contributed by atoms with Gasteiger partial charge in [-0.1, -0.05) is 42.5 Å². The van der Waals surface area contributed by atoms with E-state index >= 15 is 0 Å². The SMILES string of the molecule is Cn1cc(CC(=O)OCC(=O)NC2CCCc3ccccc32)c2ccccc21.